The van der Waals surface area contributed by atoms with Crippen LogP contribution in [0.4, 0.5) is 0 Å². The third-order valence-electron chi connectivity index (χ3n) is 3.18. The van der Waals surface area contributed by atoms with Gasteiger partial charge in [-0.3, -0.25) is 4.79 Å². The zero-order valence-electron chi connectivity index (χ0n) is 10.6. The molecule has 0 spiro atoms. The molecule has 1 unspecified atom stereocenters. The van der Waals surface area contributed by atoms with Crippen molar-refractivity contribution in [2.45, 2.75) is 25.3 Å². The van der Waals surface area contributed by atoms with Crippen LogP contribution in [-0.2, 0) is 9.53 Å². The first-order chi connectivity index (χ1) is 9.13. The van der Waals surface area contributed by atoms with Gasteiger partial charge < -0.3 is 9.64 Å². The lowest BCUT2D eigenvalue weighted by atomic mass is 10.0. The Balaban J connectivity index is 2.20. The highest BCUT2D eigenvalue weighted by Gasteiger charge is 2.33. The standard InChI is InChI=1S/C13H15ClN2O3/c1-19-13(18)11-4-2-3-7-16(11)12(17)10-6-5-9(14)8-15-10/h5-6,8,11H,2-4,7H2,1H3. The summed E-state index contributed by atoms with van der Waals surface area (Å²) < 4.78 is 4.75. The van der Waals surface area contributed by atoms with Crippen LogP contribution in [0.5, 0.6) is 0 Å². The first-order valence-electron chi connectivity index (χ1n) is 6.14. The molecule has 1 aromatic heterocycles. The molecular formula is C13H15ClN2O3. The van der Waals surface area contributed by atoms with Gasteiger partial charge in [0.2, 0.25) is 0 Å². The SMILES string of the molecule is COC(=O)C1CCCCN1C(=O)c1ccc(Cl)cn1. The average molecular weight is 283 g/mol. The number of hydrogen-bond acceptors (Lipinski definition) is 4. The minimum atomic E-state index is -0.510. The summed E-state index contributed by atoms with van der Waals surface area (Å²) in [5.41, 5.74) is 0.292. The van der Waals surface area contributed by atoms with Crippen LogP contribution < -0.4 is 0 Å². The van der Waals surface area contributed by atoms with Crippen LogP contribution in [0.15, 0.2) is 18.3 Å². The van der Waals surface area contributed by atoms with E-state index in [1.807, 2.05) is 0 Å². The van der Waals surface area contributed by atoms with E-state index in [0.717, 1.165) is 12.8 Å². The van der Waals surface area contributed by atoms with Gasteiger partial charge in [-0.25, -0.2) is 9.78 Å². The lowest BCUT2D eigenvalue weighted by molar-refractivity contribution is -0.147. The summed E-state index contributed by atoms with van der Waals surface area (Å²) in [6.07, 6.45) is 3.85. The number of hydrogen-bond donors (Lipinski definition) is 0. The third-order valence-corrected chi connectivity index (χ3v) is 3.41. The number of ether oxygens (including phenoxy) is 1. The number of aromatic nitrogens is 1. The molecule has 6 heteroatoms. The highest BCUT2D eigenvalue weighted by molar-refractivity contribution is 6.30. The summed E-state index contributed by atoms with van der Waals surface area (Å²) in [4.78, 5) is 29.6. The maximum Gasteiger partial charge on any atom is 0.328 e. The Kier molecular flexibility index (Phi) is 4.37. The van der Waals surface area contributed by atoms with Crippen molar-refractivity contribution in [1.29, 1.82) is 0 Å². The zero-order valence-corrected chi connectivity index (χ0v) is 11.4. The highest BCUT2D eigenvalue weighted by Crippen LogP contribution is 2.20. The molecular weight excluding hydrogens is 268 g/mol. The molecule has 1 aliphatic heterocycles. The summed E-state index contributed by atoms with van der Waals surface area (Å²) in [6.45, 7) is 0.545. The van der Waals surface area contributed by atoms with Crippen LogP contribution in [0.3, 0.4) is 0 Å². The van der Waals surface area contributed by atoms with Crippen LogP contribution >= 0.6 is 11.6 Å². The second-order valence-corrected chi connectivity index (χ2v) is 4.83. The van der Waals surface area contributed by atoms with Crippen molar-refractivity contribution in [1.82, 2.24) is 9.88 Å². The number of pyridine rings is 1. The van der Waals surface area contributed by atoms with E-state index in [1.165, 1.54) is 18.2 Å². The van der Waals surface area contributed by atoms with Crippen molar-refractivity contribution in [2.24, 2.45) is 0 Å². The number of carbonyl (C=O) groups is 2. The first-order valence-corrected chi connectivity index (χ1v) is 6.51. The number of likely N-dealkylation sites (tertiary alicyclic amines) is 1. The predicted octanol–water partition coefficient (Wildman–Crippen LogP) is 1.90. The van der Waals surface area contributed by atoms with E-state index in [1.54, 1.807) is 12.1 Å². The molecule has 1 amide bonds. The fourth-order valence-corrected chi connectivity index (χ4v) is 2.32. The van der Waals surface area contributed by atoms with Crippen molar-refractivity contribution in [2.75, 3.05) is 13.7 Å². The number of rotatable bonds is 2. The van der Waals surface area contributed by atoms with E-state index in [-0.39, 0.29) is 11.9 Å². The lowest BCUT2D eigenvalue weighted by Gasteiger charge is -2.33. The molecule has 0 N–H and O–H groups in total. The molecule has 1 fully saturated rings. The zero-order chi connectivity index (χ0) is 13.8. The Morgan fingerprint density at radius 2 is 2.21 bits per heavy atom. The largest absolute Gasteiger partial charge is 0.467 e. The fraction of sp³-hybridized carbons (Fsp3) is 0.462. The number of nitrogens with zero attached hydrogens (tertiary/aromatic N) is 2. The van der Waals surface area contributed by atoms with E-state index in [4.69, 9.17) is 16.3 Å². The van der Waals surface area contributed by atoms with Crippen molar-refractivity contribution in [3.8, 4) is 0 Å². The number of piperidine rings is 1. The van der Waals surface area contributed by atoms with Gasteiger partial charge in [0, 0.05) is 12.7 Å². The summed E-state index contributed by atoms with van der Waals surface area (Å²) in [5.74, 6) is -0.631. The van der Waals surface area contributed by atoms with E-state index in [2.05, 4.69) is 4.98 Å². The monoisotopic (exact) mass is 282 g/mol. The van der Waals surface area contributed by atoms with Crippen molar-refractivity contribution < 1.29 is 14.3 Å². The molecule has 1 aromatic rings. The van der Waals surface area contributed by atoms with Crippen molar-refractivity contribution in [3.63, 3.8) is 0 Å². The maximum absolute atomic E-state index is 12.4. The molecule has 1 saturated heterocycles. The molecule has 1 aliphatic rings. The Bertz CT molecular complexity index is 475. The Labute approximate surface area is 116 Å². The molecule has 19 heavy (non-hydrogen) atoms. The number of carbonyl (C=O) groups excluding carboxylic acids is 2. The normalized spacial score (nSPS) is 19.1. The molecule has 2 rings (SSSR count). The van der Waals surface area contributed by atoms with Crippen molar-refractivity contribution >= 4 is 23.5 Å². The van der Waals surface area contributed by atoms with Gasteiger partial charge in [0.05, 0.1) is 12.1 Å². The number of esters is 1. The van der Waals surface area contributed by atoms with Gasteiger partial charge in [-0.1, -0.05) is 11.6 Å². The van der Waals surface area contributed by atoms with Crippen LogP contribution in [0, 0.1) is 0 Å². The summed E-state index contributed by atoms with van der Waals surface area (Å²) in [5, 5.41) is 0.472. The molecule has 102 valence electrons. The Morgan fingerprint density at radius 3 is 2.84 bits per heavy atom. The lowest BCUT2D eigenvalue weighted by Crippen LogP contribution is -2.48. The summed E-state index contributed by atoms with van der Waals surface area (Å²) in [6, 6.07) is 2.66. The third kappa shape index (κ3) is 3.04. The number of methoxy groups -OCH3 is 1. The van der Waals surface area contributed by atoms with Gasteiger partial charge in [0.25, 0.3) is 5.91 Å². The van der Waals surface area contributed by atoms with E-state index >= 15 is 0 Å². The minimum absolute atomic E-state index is 0.258. The van der Waals surface area contributed by atoms with E-state index in [9.17, 15) is 9.59 Å². The summed E-state index contributed by atoms with van der Waals surface area (Å²) >= 11 is 5.74. The molecule has 1 atom stereocenters. The Hall–Kier alpha value is -1.62. The van der Waals surface area contributed by atoms with Gasteiger partial charge in [0.15, 0.2) is 0 Å². The van der Waals surface area contributed by atoms with Gasteiger partial charge in [-0.15, -0.1) is 0 Å². The average Bonchev–Trinajstić information content (AvgIpc) is 2.46. The minimum Gasteiger partial charge on any atom is -0.467 e. The molecule has 5 nitrogen and oxygen atoms in total. The van der Waals surface area contributed by atoms with Gasteiger partial charge in [-0.05, 0) is 31.4 Å². The molecule has 0 radical (unpaired) electrons. The van der Waals surface area contributed by atoms with Gasteiger partial charge in [-0.2, -0.15) is 0 Å². The summed E-state index contributed by atoms with van der Waals surface area (Å²) in [7, 11) is 1.33. The van der Waals surface area contributed by atoms with Gasteiger partial charge in [0.1, 0.15) is 11.7 Å². The van der Waals surface area contributed by atoms with Crippen LogP contribution in [-0.4, -0.2) is 41.5 Å². The molecule has 0 aliphatic carbocycles. The quantitative estimate of drug-likeness (QED) is 0.778. The van der Waals surface area contributed by atoms with E-state index < -0.39 is 6.04 Å². The van der Waals surface area contributed by atoms with Gasteiger partial charge >= 0.3 is 5.97 Å². The van der Waals surface area contributed by atoms with E-state index in [0.29, 0.717) is 23.7 Å². The molecule has 2 heterocycles. The van der Waals surface area contributed by atoms with Crippen LogP contribution in [0.2, 0.25) is 5.02 Å². The second kappa shape index (κ2) is 6.02. The predicted molar refractivity (Wildman–Crippen MR) is 69.9 cm³/mol. The molecule has 0 aromatic carbocycles. The maximum atomic E-state index is 12.4. The van der Waals surface area contributed by atoms with Crippen LogP contribution in [0.1, 0.15) is 29.8 Å². The topological polar surface area (TPSA) is 59.5 Å². The molecule has 0 saturated carbocycles. The Morgan fingerprint density at radius 1 is 1.42 bits per heavy atom. The van der Waals surface area contributed by atoms with Crippen LogP contribution in [0.25, 0.3) is 0 Å². The number of halogens is 1. The smallest absolute Gasteiger partial charge is 0.328 e. The first kappa shape index (κ1) is 13.8. The highest BCUT2D eigenvalue weighted by atomic mass is 35.5. The number of amides is 1. The van der Waals surface area contributed by atoms with Crippen molar-refractivity contribution in [3.05, 3.63) is 29.0 Å². The second-order valence-electron chi connectivity index (χ2n) is 4.39. The fourth-order valence-electron chi connectivity index (χ4n) is 2.21. The molecule has 0 bridgehead atoms.